The number of aryl methyl sites for hydroxylation is 1. The zero-order valence-electron chi connectivity index (χ0n) is 16.8. The maximum Gasteiger partial charge on any atom is 0.262 e. The Morgan fingerprint density at radius 1 is 1.23 bits per heavy atom. The van der Waals surface area contributed by atoms with Gasteiger partial charge in [-0.1, -0.05) is 12.1 Å². The van der Waals surface area contributed by atoms with Gasteiger partial charge in [-0.25, -0.2) is 8.42 Å². The molecule has 2 aliphatic heterocycles. The predicted octanol–water partition coefficient (Wildman–Crippen LogP) is 2.43. The van der Waals surface area contributed by atoms with Crippen molar-refractivity contribution in [1.29, 1.82) is 0 Å². The number of nitrogens with zero attached hydrogens (tertiary/aromatic N) is 1. The summed E-state index contributed by atoms with van der Waals surface area (Å²) in [6, 6.07) is 9.14. The summed E-state index contributed by atoms with van der Waals surface area (Å²) in [4.78, 5) is 24.5. The number of nitrogens with one attached hydrogen (secondary N) is 2. The summed E-state index contributed by atoms with van der Waals surface area (Å²) < 4.78 is 33.1. The highest BCUT2D eigenvalue weighted by molar-refractivity contribution is 7.89. The molecule has 4 rings (SSSR count). The van der Waals surface area contributed by atoms with Crippen molar-refractivity contribution in [3.63, 3.8) is 0 Å². The van der Waals surface area contributed by atoms with Gasteiger partial charge in [0.2, 0.25) is 15.9 Å². The Morgan fingerprint density at radius 2 is 2.03 bits per heavy atom. The minimum Gasteiger partial charge on any atom is -0.482 e. The van der Waals surface area contributed by atoms with Gasteiger partial charge in [0.15, 0.2) is 6.61 Å². The van der Waals surface area contributed by atoms with Crippen molar-refractivity contribution in [2.45, 2.75) is 37.6 Å². The summed E-state index contributed by atoms with van der Waals surface area (Å²) in [5.41, 5.74) is 2.98. The highest BCUT2D eigenvalue weighted by Crippen LogP contribution is 2.33. The van der Waals surface area contributed by atoms with Gasteiger partial charge in [-0.15, -0.1) is 0 Å². The third-order valence-corrected chi connectivity index (χ3v) is 7.46. The van der Waals surface area contributed by atoms with Gasteiger partial charge in [0, 0.05) is 12.2 Å². The molecule has 2 aromatic carbocycles. The first-order chi connectivity index (χ1) is 14.3. The van der Waals surface area contributed by atoms with Crippen LogP contribution in [0.5, 0.6) is 5.75 Å². The summed E-state index contributed by atoms with van der Waals surface area (Å²) in [5.74, 6) is -0.275. The first-order valence-corrected chi connectivity index (χ1v) is 11.2. The molecule has 0 unspecified atom stereocenters. The molecule has 0 spiro atoms. The minimum absolute atomic E-state index is 0.0125. The van der Waals surface area contributed by atoms with E-state index in [4.69, 9.17) is 4.74 Å². The molecule has 30 heavy (non-hydrogen) atoms. The molecule has 1 fully saturated rings. The first-order valence-electron chi connectivity index (χ1n) is 9.73. The molecule has 9 heteroatoms. The van der Waals surface area contributed by atoms with Gasteiger partial charge in [-0.3, -0.25) is 9.59 Å². The number of sulfonamides is 1. The van der Waals surface area contributed by atoms with Gasteiger partial charge < -0.3 is 15.4 Å². The monoisotopic (exact) mass is 429 g/mol. The minimum atomic E-state index is -3.93. The maximum absolute atomic E-state index is 13.3. The average molecular weight is 429 g/mol. The number of hydrogen-bond acceptors (Lipinski definition) is 5. The standard InChI is InChI=1S/C21H23N3O5S/c1-13-5-3-6-16(14(13)2)23-21(26)18-7-4-10-24(18)30(27,28)15-8-9-19-17(11-15)22-20(25)12-29-19/h3,5-6,8-9,11,18H,4,7,10,12H2,1-2H3,(H,22,25)(H,23,26)/t18-/m0/s1. The molecular weight excluding hydrogens is 406 g/mol. The lowest BCUT2D eigenvalue weighted by molar-refractivity contribution is -0.119. The zero-order chi connectivity index (χ0) is 21.5. The van der Waals surface area contributed by atoms with E-state index in [2.05, 4.69) is 10.6 Å². The van der Waals surface area contributed by atoms with Crippen LogP contribution < -0.4 is 15.4 Å². The number of amides is 2. The van der Waals surface area contributed by atoms with Crippen molar-refractivity contribution >= 4 is 33.2 Å². The van der Waals surface area contributed by atoms with Crippen molar-refractivity contribution in [2.75, 3.05) is 23.8 Å². The number of anilines is 2. The molecule has 0 radical (unpaired) electrons. The van der Waals surface area contributed by atoms with Crippen LogP contribution in [0.25, 0.3) is 0 Å². The Balaban J connectivity index is 1.59. The van der Waals surface area contributed by atoms with Crippen LogP contribution in [0.4, 0.5) is 11.4 Å². The molecule has 2 aromatic rings. The van der Waals surface area contributed by atoms with E-state index in [9.17, 15) is 18.0 Å². The lowest BCUT2D eigenvalue weighted by Crippen LogP contribution is -2.43. The molecule has 2 amide bonds. The molecule has 1 atom stereocenters. The van der Waals surface area contributed by atoms with Gasteiger partial charge in [0.25, 0.3) is 5.91 Å². The van der Waals surface area contributed by atoms with Crippen LogP contribution in [0.15, 0.2) is 41.3 Å². The summed E-state index contributed by atoms with van der Waals surface area (Å²) in [6.07, 6.45) is 1.04. The molecule has 2 aliphatic rings. The number of carbonyl (C=O) groups excluding carboxylic acids is 2. The second kappa shape index (κ2) is 7.73. The van der Waals surface area contributed by atoms with E-state index < -0.39 is 16.1 Å². The molecular formula is C21H23N3O5S. The van der Waals surface area contributed by atoms with Crippen LogP contribution in [0, 0.1) is 13.8 Å². The summed E-state index contributed by atoms with van der Waals surface area (Å²) in [5, 5.41) is 5.50. The van der Waals surface area contributed by atoms with E-state index in [1.165, 1.54) is 22.5 Å². The van der Waals surface area contributed by atoms with E-state index in [1.807, 2.05) is 26.0 Å². The van der Waals surface area contributed by atoms with Gasteiger partial charge in [-0.2, -0.15) is 4.31 Å². The van der Waals surface area contributed by atoms with Crippen molar-refractivity contribution in [3.8, 4) is 5.75 Å². The van der Waals surface area contributed by atoms with Gasteiger partial charge >= 0.3 is 0 Å². The van der Waals surface area contributed by atoms with Crippen LogP contribution in [0.2, 0.25) is 0 Å². The van der Waals surface area contributed by atoms with Gasteiger partial charge in [0.1, 0.15) is 11.8 Å². The Morgan fingerprint density at radius 3 is 2.83 bits per heavy atom. The fourth-order valence-electron chi connectivity index (χ4n) is 3.75. The SMILES string of the molecule is Cc1cccc(NC(=O)[C@@H]2CCCN2S(=O)(=O)c2ccc3c(c2)NC(=O)CO3)c1C. The average Bonchev–Trinajstić information content (AvgIpc) is 3.22. The molecule has 158 valence electrons. The fourth-order valence-corrected chi connectivity index (χ4v) is 5.43. The van der Waals surface area contributed by atoms with Gasteiger partial charge in [0.05, 0.1) is 10.6 Å². The number of benzene rings is 2. The van der Waals surface area contributed by atoms with E-state index in [0.717, 1.165) is 11.1 Å². The molecule has 0 aliphatic carbocycles. The van der Waals surface area contributed by atoms with Crippen LogP contribution >= 0.6 is 0 Å². The Hall–Kier alpha value is -2.91. The Kier molecular flexibility index (Phi) is 5.25. The number of rotatable bonds is 4. The topological polar surface area (TPSA) is 105 Å². The summed E-state index contributed by atoms with van der Waals surface area (Å²) >= 11 is 0. The third kappa shape index (κ3) is 3.66. The summed E-state index contributed by atoms with van der Waals surface area (Å²) in [6.45, 7) is 4.02. The highest BCUT2D eigenvalue weighted by Gasteiger charge is 2.40. The predicted molar refractivity (Wildman–Crippen MR) is 112 cm³/mol. The van der Waals surface area contributed by atoms with Crippen molar-refractivity contribution < 1.29 is 22.7 Å². The van der Waals surface area contributed by atoms with E-state index in [1.54, 1.807) is 6.07 Å². The van der Waals surface area contributed by atoms with Crippen molar-refractivity contribution in [3.05, 3.63) is 47.5 Å². The van der Waals surface area contributed by atoms with Crippen LogP contribution in [-0.4, -0.2) is 43.7 Å². The molecule has 2 heterocycles. The van der Waals surface area contributed by atoms with E-state index in [-0.39, 0.29) is 29.9 Å². The lowest BCUT2D eigenvalue weighted by atomic mass is 10.1. The van der Waals surface area contributed by atoms with E-state index >= 15 is 0 Å². The molecule has 2 N–H and O–H groups in total. The largest absolute Gasteiger partial charge is 0.482 e. The van der Waals surface area contributed by atoms with Crippen LogP contribution in [0.3, 0.4) is 0 Å². The first kappa shape index (κ1) is 20.4. The lowest BCUT2D eigenvalue weighted by Gasteiger charge is -2.25. The number of fused-ring (bicyclic) bond motifs is 1. The number of ether oxygens (including phenoxy) is 1. The molecule has 0 saturated carbocycles. The molecule has 1 saturated heterocycles. The second-order valence-electron chi connectivity index (χ2n) is 7.51. The molecule has 0 aromatic heterocycles. The maximum atomic E-state index is 13.3. The number of carbonyl (C=O) groups is 2. The van der Waals surface area contributed by atoms with Gasteiger partial charge in [-0.05, 0) is 62.1 Å². The van der Waals surface area contributed by atoms with Crippen molar-refractivity contribution in [2.24, 2.45) is 0 Å². The highest BCUT2D eigenvalue weighted by atomic mass is 32.2. The second-order valence-corrected chi connectivity index (χ2v) is 9.40. The zero-order valence-corrected chi connectivity index (χ0v) is 17.6. The molecule has 8 nitrogen and oxygen atoms in total. The summed E-state index contributed by atoms with van der Waals surface area (Å²) in [7, 11) is -3.93. The fraction of sp³-hybridized carbons (Fsp3) is 0.333. The van der Waals surface area contributed by atoms with Crippen LogP contribution in [0.1, 0.15) is 24.0 Å². The van der Waals surface area contributed by atoms with E-state index in [0.29, 0.717) is 30.0 Å². The van der Waals surface area contributed by atoms with Crippen LogP contribution in [-0.2, 0) is 19.6 Å². The smallest absolute Gasteiger partial charge is 0.262 e. The Labute approximate surface area is 175 Å². The normalized spacial score (nSPS) is 19.0. The number of hydrogen-bond donors (Lipinski definition) is 2. The quantitative estimate of drug-likeness (QED) is 0.777. The third-order valence-electron chi connectivity index (χ3n) is 5.56. The van der Waals surface area contributed by atoms with Crippen molar-refractivity contribution in [1.82, 2.24) is 4.31 Å². The Bertz CT molecular complexity index is 1130. The molecule has 0 bridgehead atoms.